The number of piperidine rings is 1. The molecule has 0 radical (unpaired) electrons. The summed E-state index contributed by atoms with van der Waals surface area (Å²) in [5, 5.41) is 3.44. The highest BCUT2D eigenvalue weighted by Gasteiger charge is 2.40. The lowest BCUT2D eigenvalue weighted by Gasteiger charge is -2.45. The Hall–Kier alpha value is -0.370. The molecule has 2 nitrogen and oxygen atoms in total. The molecule has 1 saturated carbocycles. The van der Waals surface area contributed by atoms with Crippen LogP contribution in [0.3, 0.4) is 0 Å². The van der Waals surface area contributed by atoms with Gasteiger partial charge in [-0.3, -0.25) is 4.79 Å². The van der Waals surface area contributed by atoms with E-state index >= 15 is 0 Å². The van der Waals surface area contributed by atoms with Crippen molar-refractivity contribution >= 4 is 5.78 Å². The molecular weight excluding hydrogens is 126 g/mol. The molecule has 0 atom stereocenters. The fraction of sp³-hybridized carbons (Fsp3) is 0.875. The Balaban J connectivity index is 2.02. The molecular formula is C8H13NO. The molecule has 1 spiro atoms. The molecule has 0 unspecified atom stereocenters. The van der Waals surface area contributed by atoms with E-state index in [1.54, 1.807) is 0 Å². The molecule has 0 amide bonds. The van der Waals surface area contributed by atoms with Gasteiger partial charge in [0.25, 0.3) is 0 Å². The number of carbonyl (C=O) groups is 1. The first-order chi connectivity index (χ1) is 4.81. The van der Waals surface area contributed by atoms with E-state index in [0.717, 1.165) is 19.4 Å². The summed E-state index contributed by atoms with van der Waals surface area (Å²) in [5.41, 5.74) is 0.273. The SMILES string of the molecule is O=C1CCNC2(CCC2)C1. The minimum atomic E-state index is 0.273. The Morgan fingerprint density at radius 2 is 2.20 bits per heavy atom. The summed E-state index contributed by atoms with van der Waals surface area (Å²) >= 11 is 0. The average Bonchev–Trinajstić information content (AvgIpc) is 1.85. The Morgan fingerprint density at radius 1 is 1.40 bits per heavy atom. The van der Waals surface area contributed by atoms with Crippen LogP contribution >= 0.6 is 0 Å². The summed E-state index contributed by atoms with van der Waals surface area (Å²) in [7, 11) is 0. The average molecular weight is 139 g/mol. The zero-order valence-electron chi connectivity index (χ0n) is 6.15. The first kappa shape index (κ1) is 6.35. The number of rotatable bonds is 0. The third-order valence-electron chi connectivity index (χ3n) is 2.75. The molecule has 1 saturated heterocycles. The summed E-state index contributed by atoms with van der Waals surface area (Å²) in [6.45, 7) is 0.916. The van der Waals surface area contributed by atoms with Gasteiger partial charge in [-0.15, -0.1) is 0 Å². The fourth-order valence-corrected chi connectivity index (χ4v) is 1.95. The van der Waals surface area contributed by atoms with Crippen LogP contribution in [0, 0.1) is 0 Å². The first-order valence-electron chi connectivity index (χ1n) is 4.08. The van der Waals surface area contributed by atoms with Crippen molar-refractivity contribution < 1.29 is 4.79 Å². The van der Waals surface area contributed by atoms with Crippen molar-refractivity contribution in [1.82, 2.24) is 5.32 Å². The largest absolute Gasteiger partial charge is 0.310 e. The molecule has 0 aromatic rings. The molecule has 0 bridgehead atoms. The monoisotopic (exact) mass is 139 g/mol. The van der Waals surface area contributed by atoms with Crippen LogP contribution in [0.5, 0.6) is 0 Å². The van der Waals surface area contributed by atoms with Crippen molar-refractivity contribution in [2.75, 3.05) is 6.54 Å². The Kier molecular flexibility index (Phi) is 1.31. The maximum atomic E-state index is 11.0. The fourth-order valence-electron chi connectivity index (χ4n) is 1.95. The molecule has 2 heteroatoms. The van der Waals surface area contributed by atoms with Crippen LogP contribution in [0.15, 0.2) is 0 Å². The molecule has 2 fully saturated rings. The van der Waals surface area contributed by atoms with Crippen molar-refractivity contribution in [2.45, 2.75) is 37.6 Å². The maximum absolute atomic E-state index is 11.0. The van der Waals surface area contributed by atoms with Crippen LogP contribution in [0.2, 0.25) is 0 Å². The van der Waals surface area contributed by atoms with Crippen LogP contribution in [-0.4, -0.2) is 17.9 Å². The molecule has 2 rings (SSSR count). The van der Waals surface area contributed by atoms with Crippen molar-refractivity contribution in [3.8, 4) is 0 Å². The van der Waals surface area contributed by atoms with Gasteiger partial charge < -0.3 is 5.32 Å². The quantitative estimate of drug-likeness (QED) is 0.539. The van der Waals surface area contributed by atoms with E-state index in [1.807, 2.05) is 0 Å². The summed E-state index contributed by atoms with van der Waals surface area (Å²) < 4.78 is 0. The maximum Gasteiger partial charge on any atom is 0.136 e. The van der Waals surface area contributed by atoms with Gasteiger partial charge in [-0.2, -0.15) is 0 Å². The van der Waals surface area contributed by atoms with Gasteiger partial charge >= 0.3 is 0 Å². The second-order valence-electron chi connectivity index (χ2n) is 3.53. The second kappa shape index (κ2) is 2.06. The number of nitrogens with one attached hydrogen (secondary N) is 1. The summed E-state index contributed by atoms with van der Waals surface area (Å²) in [5.74, 6) is 0.457. The third-order valence-corrected chi connectivity index (χ3v) is 2.75. The Bertz CT molecular complexity index is 161. The van der Waals surface area contributed by atoms with Gasteiger partial charge in [0.2, 0.25) is 0 Å². The molecule has 1 aliphatic heterocycles. The van der Waals surface area contributed by atoms with E-state index in [1.165, 1.54) is 19.3 Å². The van der Waals surface area contributed by atoms with Gasteiger partial charge in [0.1, 0.15) is 5.78 Å². The van der Waals surface area contributed by atoms with Gasteiger partial charge in [0.15, 0.2) is 0 Å². The normalized spacial score (nSPS) is 30.2. The Labute approximate surface area is 61.0 Å². The molecule has 2 aliphatic rings. The minimum Gasteiger partial charge on any atom is -0.310 e. The third kappa shape index (κ3) is 0.870. The van der Waals surface area contributed by atoms with E-state index in [-0.39, 0.29) is 5.54 Å². The summed E-state index contributed by atoms with van der Waals surface area (Å²) in [6, 6.07) is 0. The van der Waals surface area contributed by atoms with Crippen LogP contribution in [0.25, 0.3) is 0 Å². The van der Waals surface area contributed by atoms with E-state index in [4.69, 9.17) is 0 Å². The molecule has 56 valence electrons. The highest BCUT2D eigenvalue weighted by atomic mass is 16.1. The number of ketones is 1. The predicted octanol–water partition coefficient (Wildman–Crippen LogP) is 0.862. The van der Waals surface area contributed by atoms with Crippen LogP contribution < -0.4 is 5.32 Å². The summed E-state index contributed by atoms with van der Waals surface area (Å²) in [4.78, 5) is 11.0. The number of carbonyl (C=O) groups excluding carboxylic acids is 1. The topological polar surface area (TPSA) is 29.1 Å². The van der Waals surface area contributed by atoms with Crippen LogP contribution in [-0.2, 0) is 4.79 Å². The minimum absolute atomic E-state index is 0.273. The molecule has 0 aromatic carbocycles. The molecule has 1 N–H and O–H groups in total. The first-order valence-corrected chi connectivity index (χ1v) is 4.08. The van der Waals surface area contributed by atoms with Gasteiger partial charge in [0.05, 0.1) is 0 Å². The standard InChI is InChI=1S/C8H13NO/c10-7-2-5-9-8(6-7)3-1-4-8/h9H,1-6H2. The molecule has 0 aromatic heterocycles. The van der Waals surface area contributed by atoms with Crippen molar-refractivity contribution in [3.05, 3.63) is 0 Å². The zero-order chi connectivity index (χ0) is 7.03. The molecule has 10 heavy (non-hydrogen) atoms. The van der Waals surface area contributed by atoms with Gasteiger partial charge in [-0.25, -0.2) is 0 Å². The number of hydrogen-bond acceptors (Lipinski definition) is 2. The van der Waals surface area contributed by atoms with Gasteiger partial charge in [-0.1, -0.05) is 0 Å². The number of Topliss-reactive ketones (excluding diaryl/α,β-unsaturated/α-hetero) is 1. The van der Waals surface area contributed by atoms with E-state index < -0.39 is 0 Å². The van der Waals surface area contributed by atoms with Crippen LogP contribution in [0.1, 0.15) is 32.1 Å². The van der Waals surface area contributed by atoms with Crippen molar-refractivity contribution in [2.24, 2.45) is 0 Å². The van der Waals surface area contributed by atoms with Crippen LogP contribution in [0.4, 0.5) is 0 Å². The zero-order valence-corrected chi connectivity index (χ0v) is 6.15. The van der Waals surface area contributed by atoms with E-state index in [0.29, 0.717) is 5.78 Å². The highest BCUT2D eigenvalue weighted by Crippen LogP contribution is 2.36. The van der Waals surface area contributed by atoms with Gasteiger partial charge in [-0.05, 0) is 19.3 Å². The predicted molar refractivity (Wildman–Crippen MR) is 38.8 cm³/mol. The molecule has 1 aliphatic carbocycles. The van der Waals surface area contributed by atoms with Crippen molar-refractivity contribution in [3.63, 3.8) is 0 Å². The second-order valence-corrected chi connectivity index (χ2v) is 3.53. The smallest absolute Gasteiger partial charge is 0.136 e. The number of hydrogen-bond donors (Lipinski definition) is 1. The molecule has 1 heterocycles. The summed E-state index contributed by atoms with van der Waals surface area (Å²) in [6.07, 6.45) is 5.30. The highest BCUT2D eigenvalue weighted by molar-refractivity contribution is 5.80. The van der Waals surface area contributed by atoms with Gasteiger partial charge in [0, 0.05) is 24.9 Å². The lowest BCUT2D eigenvalue weighted by atomic mass is 9.71. The van der Waals surface area contributed by atoms with E-state index in [2.05, 4.69) is 5.32 Å². The lowest BCUT2D eigenvalue weighted by molar-refractivity contribution is -0.123. The van der Waals surface area contributed by atoms with E-state index in [9.17, 15) is 4.79 Å². The lowest BCUT2D eigenvalue weighted by Crippen LogP contribution is -2.55. The Morgan fingerprint density at radius 3 is 2.60 bits per heavy atom. The van der Waals surface area contributed by atoms with Crippen molar-refractivity contribution in [1.29, 1.82) is 0 Å².